The molecule has 176 valence electrons. The van der Waals surface area contributed by atoms with Crippen LogP contribution in [0.4, 0.5) is 0 Å². The minimum atomic E-state index is 0.119. The molecule has 1 aliphatic carbocycles. The standard InChI is InChI=1S/C25H32N4O4/c1-17-13-21(18(2)29(17)20-5-6-23-24(14-20)33-12-11-32-23)22(30)15-27-7-9-28(10-8-27)16-25(31)26-19-3-4-19/h5-6,13-14,19H,3-4,7-12,15-16H2,1-2H3,(H,26,31). The summed E-state index contributed by atoms with van der Waals surface area (Å²) in [5.41, 5.74) is 3.67. The third-order valence-electron chi connectivity index (χ3n) is 6.66. The zero-order chi connectivity index (χ0) is 22.9. The van der Waals surface area contributed by atoms with Gasteiger partial charge in [-0.3, -0.25) is 19.4 Å². The van der Waals surface area contributed by atoms with Gasteiger partial charge in [-0.1, -0.05) is 0 Å². The molecule has 3 heterocycles. The summed E-state index contributed by atoms with van der Waals surface area (Å²) in [6, 6.07) is 8.28. The Balaban J connectivity index is 1.21. The first-order valence-corrected chi connectivity index (χ1v) is 11.8. The molecule has 1 saturated carbocycles. The van der Waals surface area contributed by atoms with Crippen molar-refractivity contribution in [2.24, 2.45) is 0 Å². The van der Waals surface area contributed by atoms with Crippen molar-refractivity contribution in [1.29, 1.82) is 0 Å². The maximum Gasteiger partial charge on any atom is 0.234 e. The predicted octanol–water partition coefficient (Wildman–Crippen LogP) is 1.94. The van der Waals surface area contributed by atoms with Crippen molar-refractivity contribution in [3.63, 3.8) is 0 Å². The second-order valence-electron chi connectivity index (χ2n) is 9.27. The normalized spacial score (nSPS) is 18.8. The summed E-state index contributed by atoms with van der Waals surface area (Å²) in [4.78, 5) is 29.6. The molecule has 0 atom stereocenters. The molecule has 2 aromatic rings. The maximum atomic E-state index is 13.2. The van der Waals surface area contributed by atoms with Crippen LogP contribution in [-0.4, -0.2) is 84.6 Å². The molecule has 0 spiro atoms. The molecule has 1 amide bonds. The number of aryl methyl sites for hydroxylation is 1. The van der Waals surface area contributed by atoms with Crippen LogP contribution in [0.15, 0.2) is 24.3 Å². The summed E-state index contributed by atoms with van der Waals surface area (Å²) in [6.45, 7) is 9.18. The fourth-order valence-corrected chi connectivity index (χ4v) is 4.71. The number of piperazine rings is 1. The van der Waals surface area contributed by atoms with E-state index in [-0.39, 0.29) is 11.7 Å². The van der Waals surface area contributed by atoms with Crippen LogP contribution >= 0.6 is 0 Å². The van der Waals surface area contributed by atoms with Crippen LogP contribution < -0.4 is 14.8 Å². The van der Waals surface area contributed by atoms with Gasteiger partial charge in [0.15, 0.2) is 17.3 Å². The SMILES string of the molecule is Cc1cc(C(=O)CN2CCN(CC(=O)NC3CC3)CC2)c(C)n1-c1ccc2c(c1)OCCO2. The van der Waals surface area contributed by atoms with E-state index in [1.165, 1.54) is 0 Å². The lowest BCUT2D eigenvalue weighted by atomic mass is 10.1. The number of carbonyl (C=O) groups excluding carboxylic acids is 2. The van der Waals surface area contributed by atoms with Gasteiger partial charge in [0.05, 0.1) is 13.1 Å². The second-order valence-corrected chi connectivity index (χ2v) is 9.27. The number of nitrogens with one attached hydrogen (secondary N) is 1. The van der Waals surface area contributed by atoms with Crippen molar-refractivity contribution in [2.75, 3.05) is 52.5 Å². The highest BCUT2D eigenvalue weighted by Crippen LogP contribution is 2.33. The molecule has 1 aromatic carbocycles. The van der Waals surface area contributed by atoms with Gasteiger partial charge >= 0.3 is 0 Å². The van der Waals surface area contributed by atoms with Crippen LogP contribution in [0.3, 0.4) is 0 Å². The van der Waals surface area contributed by atoms with Gasteiger partial charge in [-0.05, 0) is 44.9 Å². The number of benzene rings is 1. The molecule has 8 nitrogen and oxygen atoms in total. The number of aromatic nitrogens is 1. The van der Waals surface area contributed by atoms with E-state index in [1.807, 2.05) is 38.1 Å². The fraction of sp³-hybridized carbons (Fsp3) is 0.520. The molecule has 2 aliphatic heterocycles. The Morgan fingerprint density at radius 2 is 1.61 bits per heavy atom. The number of hydrogen-bond acceptors (Lipinski definition) is 6. The van der Waals surface area contributed by atoms with Gasteiger partial charge in [0.2, 0.25) is 5.91 Å². The smallest absolute Gasteiger partial charge is 0.234 e. The Morgan fingerprint density at radius 3 is 2.30 bits per heavy atom. The maximum absolute atomic E-state index is 13.2. The first kappa shape index (κ1) is 22.0. The molecule has 1 aromatic heterocycles. The first-order valence-electron chi connectivity index (χ1n) is 11.8. The quantitative estimate of drug-likeness (QED) is 0.648. The minimum Gasteiger partial charge on any atom is -0.486 e. The topological polar surface area (TPSA) is 76.0 Å². The average Bonchev–Trinajstić information content (AvgIpc) is 3.57. The molecular weight excluding hydrogens is 420 g/mol. The third-order valence-corrected chi connectivity index (χ3v) is 6.66. The summed E-state index contributed by atoms with van der Waals surface area (Å²) in [7, 11) is 0. The average molecular weight is 453 g/mol. The van der Waals surface area contributed by atoms with Gasteiger partial charge in [-0.2, -0.15) is 0 Å². The fourth-order valence-electron chi connectivity index (χ4n) is 4.71. The number of ether oxygens (including phenoxy) is 2. The van der Waals surface area contributed by atoms with Crippen molar-refractivity contribution in [1.82, 2.24) is 19.7 Å². The van der Waals surface area contributed by atoms with E-state index in [4.69, 9.17) is 9.47 Å². The molecule has 0 radical (unpaired) electrons. The van der Waals surface area contributed by atoms with E-state index < -0.39 is 0 Å². The Hall–Kier alpha value is -2.84. The van der Waals surface area contributed by atoms with Crippen LogP contribution in [0, 0.1) is 13.8 Å². The van der Waals surface area contributed by atoms with E-state index in [2.05, 4.69) is 19.7 Å². The number of carbonyl (C=O) groups is 2. The third kappa shape index (κ3) is 4.91. The number of Topliss-reactive ketones (excluding diaryl/α,β-unsaturated/α-hetero) is 1. The Bertz CT molecular complexity index is 1050. The van der Waals surface area contributed by atoms with Crippen LogP contribution in [0.5, 0.6) is 11.5 Å². The highest BCUT2D eigenvalue weighted by molar-refractivity contribution is 5.99. The largest absolute Gasteiger partial charge is 0.486 e. The summed E-state index contributed by atoms with van der Waals surface area (Å²) >= 11 is 0. The van der Waals surface area contributed by atoms with Crippen molar-refractivity contribution in [3.8, 4) is 17.2 Å². The monoisotopic (exact) mass is 452 g/mol. The van der Waals surface area contributed by atoms with Crippen molar-refractivity contribution >= 4 is 11.7 Å². The van der Waals surface area contributed by atoms with Gasteiger partial charge < -0.3 is 19.4 Å². The molecule has 3 aliphatic rings. The Morgan fingerprint density at radius 1 is 0.939 bits per heavy atom. The van der Waals surface area contributed by atoms with Gasteiger partial charge in [0.1, 0.15) is 13.2 Å². The molecule has 8 heteroatoms. The number of amides is 1. The van der Waals surface area contributed by atoms with Gasteiger partial charge in [0, 0.05) is 60.9 Å². The number of ketones is 1. The summed E-state index contributed by atoms with van der Waals surface area (Å²) in [5.74, 6) is 1.75. The molecule has 33 heavy (non-hydrogen) atoms. The Labute approximate surface area is 194 Å². The Kier molecular flexibility index (Phi) is 6.12. The van der Waals surface area contributed by atoms with Crippen LogP contribution in [0.25, 0.3) is 5.69 Å². The number of fused-ring (bicyclic) bond motifs is 1. The molecule has 5 rings (SSSR count). The van der Waals surface area contributed by atoms with E-state index in [0.717, 1.165) is 73.2 Å². The highest BCUT2D eigenvalue weighted by atomic mass is 16.6. The number of hydrogen-bond donors (Lipinski definition) is 1. The van der Waals surface area contributed by atoms with Crippen LogP contribution in [0.2, 0.25) is 0 Å². The van der Waals surface area contributed by atoms with E-state index in [1.54, 1.807) is 0 Å². The number of nitrogens with zero attached hydrogens (tertiary/aromatic N) is 3. The minimum absolute atomic E-state index is 0.119. The molecule has 1 N–H and O–H groups in total. The van der Waals surface area contributed by atoms with Crippen molar-refractivity contribution in [2.45, 2.75) is 32.7 Å². The zero-order valence-corrected chi connectivity index (χ0v) is 19.4. The van der Waals surface area contributed by atoms with Crippen molar-refractivity contribution in [3.05, 3.63) is 41.2 Å². The van der Waals surface area contributed by atoms with E-state index in [0.29, 0.717) is 32.3 Å². The van der Waals surface area contributed by atoms with Gasteiger partial charge in [-0.25, -0.2) is 0 Å². The van der Waals surface area contributed by atoms with Crippen LogP contribution in [0.1, 0.15) is 34.6 Å². The lowest BCUT2D eigenvalue weighted by Gasteiger charge is -2.33. The predicted molar refractivity (Wildman–Crippen MR) is 125 cm³/mol. The van der Waals surface area contributed by atoms with E-state index >= 15 is 0 Å². The van der Waals surface area contributed by atoms with Gasteiger partial charge in [-0.15, -0.1) is 0 Å². The molecule has 1 saturated heterocycles. The highest BCUT2D eigenvalue weighted by Gasteiger charge is 2.26. The lowest BCUT2D eigenvalue weighted by Crippen LogP contribution is -2.50. The molecule has 0 unspecified atom stereocenters. The van der Waals surface area contributed by atoms with Crippen molar-refractivity contribution < 1.29 is 19.1 Å². The van der Waals surface area contributed by atoms with E-state index in [9.17, 15) is 9.59 Å². The first-order chi connectivity index (χ1) is 16.0. The van der Waals surface area contributed by atoms with Gasteiger partial charge in [0.25, 0.3) is 0 Å². The molecular formula is C25H32N4O4. The zero-order valence-electron chi connectivity index (χ0n) is 19.4. The second kappa shape index (κ2) is 9.19. The number of rotatable bonds is 7. The summed E-state index contributed by atoms with van der Waals surface area (Å²) < 4.78 is 13.5. The molecule has 2 fully saturated rings. The van der Waals surface area contributed by atoms with Crippen LogP contribution in [-0.2, 0) is 4.79 Å². The molecule has 0 bridgehead atoms. The summed E-state index contributed by atoms with van der Waals surface area (Å²) in [6.07, 6.45) is 2.22. The lowest BCUT2D eigenvalue weighted by molar-refractivity contribution is -0.122. The summed E-state index contributed by atoms with van der Waals surface area (Å²) in [5, 5.41) is 3.04.